The standard InChI is InChI=1S/C10H18O/c1-10-7-3-2-5-9(10)6-4-8-11-10/h9H,2-8H2,1H3. The third-order valence-corrected chi connectivity index (χ3v) is 3.47. The van der Waals surface area contributed by atoms with Crippen molar-refractivity contribution in [2.24, 2.45) is 5.92 Å². The van der Waals surface area contributed by atoms with Gasteiger partial charge < -0.3 is 4.74 Å². The van der Waals surface area contributed by atoms with E-state index in [-0.39, 0.29) is 5.60 Å². The fourth-order valence-electron chi connectivity index (χ4n) is 2.65. The molecule has 0 bridgehead atoms. The summed E-state index contributed by atoms with van der Waals surface area (Å²) < 4.78 is 5.87. The fraction of sp³-hybridized carbons (Fsp3) is 1.00. The van der Waals surface area contributed by atoms with Crippen LogP contribution in [-0.2, 0) is 4.74 Å². The molecule has 0 radical (unpaired) electrons. The topological polar surface area (TPSA) is 9.23 Å². The third kappa shape index (κ3) is 1.31. The van der Waals surface area contributed by atoms with Gasteiger partial charge in [-0.3, -0.25) is 0 Å². The molecule has 0 aromatic carbocycles. The molecular formula is C10H18O. The van der Waals surface area contributed by atoms with Crippen molar-refractivity contribution in [1.29, 1.82) is 0 Å². The Morgan fingerprint density at radius 1 is 1.18 bits per heavy atom. The SMILES string of the molecule is CC12CCCCC1CCCO2. The zero-order valence-corrected chi connectivity index (χ0v) is 7.44. The summed E-state index contributed by atoms with van der Waals surface area (Å²) in [5.41, 5.74) is 0.274. The van der Waals surface area contributed by atoms with Crippen LogP contribution >= 0.6 is 0 Å². The second-order valence-electron chi connectivity index (χ2n) is 4.25. The Morgan fingerprint density at radius 2 is 2.00 bits per heavy atom. The molecule has 2 atom stereocenters. The quantitative estimate of drug-likeness (QED) is 0.521. The first-order valence-corrected chi connectivity index (χ1v) is 4.95. The Hall–Kier alpha value is -0.0400. The molecule has 2 aliphatic rings. The fourth-order valence-corrected chi connectivity index (χ4v) is 2.65. The Morgan fingerprint density at radius 3 is 2.82 bits per heavy atom. The Bertz CT molecular complexity index is 130. The van der Waals surface area contributed by atoms with E-state index in [2.05, 4.69) is 6.92 Å². The van der Waals surface area contributed by atoms with Crippen LogP contribution in [0.4, 0.5) is 0 Å². The Labute approximate surface area is 69.1 Å². The van der Waals surface area contributed by atoms with Crippen LogP contribution in [-0.4, -0.2) is 12.2 Å². The minimum Gasteiger partial charge on any atom is -0.375 e. The predicted octanol–water partition coefficient (Wildman–Crippen LogP) is 2.75. The van der Waals surface area contributed by atoms with E-state index >= 15 is 0 Å². The largest absolute Gasteiger partial charge is 0.375 e. The van der Waals surface area contributed by atoms with E-state index in [9.17, 15) is 0 Å². The molecule has 11 heavy (non-hydrogen) atoms. The maximum absolute atomic E-state index is 5.87. The van der Waals surface area contributed by atoms with Crippen molar-refractivity contribution < 1.29 is 4.74 Å². The molecule has 1 aliphatic heterocycles. The number of hydrogen-bond acceptors (Lipinski definition) is 1. The number of rotatable bonds is 0. The van der Waals surface area contributed by atoms with Crippen LogP contribution in [0.5, 0.6) is 0 Å². The van der Waals surface area contributed by atoms with E-state index < -0.39 is 0 Å². The minimum atomic E-state index is 0.274. The average Bonchev–Trinajstić information content (AvgIpc) is 2.03. The molecule has 1 heteroatoms. The van der Waals surface area contributed by atoms with Crippen LogP contribution in [0.1, 0.15) is 45.4 Å². The Kier molecular flexibility index (Phi) is 1.92. The van der Waals surface area contributed by atoms with Crippen molar-refractivity contribution >= 4 is 0 Å². The molecule has 1 nitrogen and oxygen atoms in total. The molecule has 0 aromatic heterocycles. The number of fused-ring (bicyclic) bond motifs is 1. The van der Waals surface area contributed by atoms with Crippen molar-refractivity contribution in [1.82, 2.24) is 0 Å². The molecule has 2 fully saturated rings. The second-order valence-corrected chi connectivity index (χ2v) is 4.25. The summed E-state index contributed by atoms with van der Waals surface area (Å²) in [5, 5.41) is 0. The maximum Gasteiger partial charge on any atom is 0.0682 e. The van der Waals surface area contributed by atoms with Gasteiger partial charge in [-0.25, -0.2) is 0 Å². The monoisotopic (exact) mass is 154 g/mol. The van der Waals surface area contributed by atoms with Crippen LogP contribution in [0.2, 0.25) is 0 Å². The lowest BCUT2D eigenvalue weighted by Crippen LogP contribution is -2.43. The molecule has 2 unspecified atom stereocenters. The van der Waals surface area contributed by atoms with Gasteiger partial charge >= 0.3 is 0 Å². The maximum atomic E-state index is 5.87. The molecule has 1 aliphatic carbocycles. The van der Waals surface area contributed by atoms with Gasteiger partial charge in [0.15, 0.2) is 0 Å². The number of ether oxygens (including phenoxy) is 1. The second kappa shape index (κ2) is 2.78. The van der Waals surface area contributed by atoms with Crippen molar-refractivity contribution in [3.8, 4) is 0 Å². The molecule has 0 amide bonds. The van der Waals surface area contributed by atoms with Crippen molar-refractivity contribution in [2.45, 2.75) is 51.0 Å². The predicted molar refractivity (Wildman–Crippen MR) is 45.5 cm³/mol. The van der Waals surface area contributed by atoms with Gasteiger partial charge in [0.05, 0.1) is 5.60 Å². The first-order valence-electron chi connectivity index (χ1n) is 4.95. The highest BCUT2D eigenvalue weighted by molar-refractivity contribution is 4.89. The molecule has 64 valence electrons. The highest BCUT2D eigenvalue weighted by Crippen LogP contribution is 2.41. The molecule has 1 saturated heterocycles. The van der Waals surface area contributed by atoms with Gasteiger partial charge in [-0.2, -0.15) is 0 Å². The van der Waals surface area contributed by atoms with Gasteiger partial charge in [0, 0.05) is 6.61 Å². The summed E-state index contributed by atoms with van der Waals surface area (Å²) in [7, 11) is 0. The van der Waals surface area contributed by atoms with Crippen molar-refractivity contribution in [3.63, 3.8) is 0 Å². The summed E-state index contributed by atoms with van der Waals surface area (Å²) in [6, 6.07) is 0. The minimum absolute atomic E-state index is 0.274. The molecule has 1 heterocycles. The van der Waals surface area contributed by atoms with E-state index in [0.717, 1.165) is 12.5 Å². The molecule has 0 N–H and O–H groups in total. The summed E-state index contributed by atoms with van der Waals surface area (Å²) in [6.07, 6.45) is 8.24. The van der Waals surface area contributed by atoms with Gasteiger partial charge in [0.2, 0.25) is 0 Å². The lowest BCUT2D eigenvalue weighted by atomic mass is 9.73. The summed E-state index contributed by atoms with van der Waals surface area (Å²) >= 11 is 0. The molecule has 2 rings (SSSR count). The zero-order chi connectivity index (χ0) is 7.73. The lowest BCUT2D eigenvalue weighted by molar-refractivity contribution is -0.126. The normalized spacial score (nSPS) is 45.0. The highest BCUT2D eigenvalue weighted by Gasteiger charge is 2.39. The van der Waals surface area contributed by atoms with Gasteiger partial charge in [0.25, 0.3) is 0 Å². The van der Waals surface area contributed by atoms with E-state index in [0.29, 0.717) is 0 Å². The summed E-state index contributed by atoms with van der Waals surface area (Å²) in [6.45, 7) is 3.32. The molecule has 0 aromatic rings. The van der Waals surface area contributed by atoms with Crippen LogP contribution < -0.4 is 0 Å². The van der Waals surface area contributed by atoms with Crippen molar-refractivity contribution in [3.05, 3.63) is 0 Å². The van der Waals surface area contributed by atoms with Crippen LogP contribution in [0.15, 0.2) is 0 Å². The molecule has 1 saturated carbocycles. The highest BCUT2D eigenvalue weighted by atomic mass is 16.5. The lowest BCUT2D eigenvalue weighted by Gasteiger charge is -2.44. The van der Waals surface area contributed by atoms with Crippen LogP contribution in [0, 0.1) is 5.92 Å². The van der Waals surface area contributed by atoms with E-state index in [1.54, 1.807) is 0 Å². The van der Waals surface area contributed by atoms with Crippen molar-refractivity contribution in [2.75, 3.05) is 6.61 Å². The van der Waals surface area contributed by atoms with Gasteiger partial charge in [0.1, 0.15) is 0 Å². The first kappa shape index (κ1) is 7.60. The van der Waals surface area contributed by atoms with Crippen LogP contribution in [0.25, 0.3) is 0 Å². The zero-order valence-electron chi connectivity index (χ0n) is 7.44. The first-order chi connectivity index (χ1) is 5.31. The smallest absolute Gasteiger partial charge is 0.0682 e. The van der Waals surface area contributed by atoms with E-state index in [4.69, 9.17) is 4.74 Å². The van der Waals surface area contributed by atoms with Crippen LogP contribution in [0.3, 0.4) is 0 Å². The van der Waals surface area contributed by atoms with Gasteiger partial charge in [-0.05, 0) is 38.5 Å². The molecular weight excluding hydrogens is 136 g/mol. The van der Waals surface area contributed by atoms with E-state index in [1.807, 2.05) is 0 Å². The third-order valence-electron chi connectivity index (χ3n) is 3.47. The van der Waals surface area contributed by atoms with Gasteiger partial charge in [-0.15, -0.1) is 0 Å². The molecule has 0 spiro atoms. The number of hydrogen-bond donors (Lipinski definition) is 0. The average molecular weight is 154 g/mol. The van der Waals surface area contributed by atoms with E-state index in [1.165, 1.54) is 38.5 Å². The summed E-state index contributed by atoms with van der Waals surface area (Å²) in [4.78, 5) is 0. The van der Waals surface area contributed by atoms with Gasteiger partial charge in [-0.1, -0.05) is 12.8 Å². The summed E-state index contributed by atoms with van der Waals surface area (Å²) in [5.74, 6) is 0.880. The Balaban J connectivity index is 2.06.